The van der Waals surface area contributed by atoms with Gasteiger partial charge < -0.3 is 9.42 Å². The van der Waals surface area contributed by atoms with Crippen LogP contribution in [-0.2, 0) is 17.4 Å². The zero-order valence-electron chi connectivity index (χ0n) is 17.9. The Morgan fingerprint density at radius 3 is 2.58 bits per heavy atom. The second kappa shape index (κ2) is 8.38. The van der Waals surface area contributed by atoms with Gasteiger partial charge in [0, 0.05) is 30.7 Å². The van der Waals surface area contributed by atoms with Crippen LogP contribution in [0, 0.1) is 5.92 Å². The molecule has 4 heterocycles. The van der Waals surface area contributed by atoms with Gasteiger partial charge in [0.05, 0.1) is 16.6 Å². The molecule has 0 saturated carbocycles. The molecule has 2 aliphatic heterocycles. The molecule has 2 aromatic rings. The van der Waals surface area contributed by atoms with Gasteiger partial charge in [-0.3, -0.25) is 10.2 Å². The van der Waals surface area contributed by atoms with Crippen LogP contribution in [0.15, 0.2) is 10.6 Å². The lowest BCUT2D eigenvalue weighted by Gasteiger charge is -2.33. The lowest BCUT2D eigenvalue weighted by atomic mass is 9.90. The highest BCUT2D eigenvalue weighted by molar-refractivity contribution is 5.83. The van der Waals surface area contributed by atoms with E-state index in [0.717, 1.165) is 12.5 Å². The van der Waals surface area contributed by atoms with Crippen LogP contribution in [-0.4, -0.2) is 46.1 Å². The fraction of sp³-hybridized carbons (Fsp3) is 0.667. The fourth-order valence-electron chi connectivity index (χ4n) is 4.48. The summed E-state index contributed by atoms with van der Waals surface area (Å²) in [6, 6.07) is 1.06. The number of hydrazine groups is 1. The average molecular weight is 439 g/mol. The van der Waals surface area contributed by atoms with E-state index >= 15 is 0 Å². The Labute approximate surface area is 178 Å². The zero-order valence-corrected chi connectivity index (χ0v) is 17.9. The smallest absolute Gasteiger partial charge is 0.341 e. The third kappa shape index (κ3) is 4.27. The summed E-state index contributed by atoms with van der Waals surface area (Å²) in [5.74, 6) is 0.240. The van der Waals surface area contributed by atoms with Crippen LogP contribution in [0.4, 0.5) is 13.2 Å². The van der Waals surface area contributed by atoms with Crippen LogP contribution in [0.25, 0.3) is 11.1 Å². The van der Waals surface area contributed by atoms with E-state index in [1.165, 1.54) is 0 Å². The molecule has 0 bridgehead atoms. The van der Waals surface area contributed by atoms with Crippen LogP contribution < -0.4 is 10.9 Å². The van der Waals surface area contributed by atoms with Gasteiger partial charge in [-0.2, -0.15) is 13.2 Å². The number of carbonyl (C=O) groups excluding carboxylic acids is 1. The van der Waals surface area contributed by atoms with Crippen molar-refractivity contribution in [2.45, 2.75) is 70.6 Å². The molecule has 0 aromatic carbocycles. The van der Waals surface area contributed by atoms with Gasteiger partial charge in [-0.05, 0) is 37.7 Å². The number of fused-ring (bicyclic) bond motifs is 1. The minimum Gasteiger partial charge on any atom is -0.341 e. The van der Waals surface area contributed by atoms with Crippen molar-refractivity contribution in [1.82, 2.24) is 25.9 Å². The fourth-order valence-corrected chi connectivity index (χ4v) is 4.48. The van der Waals surface area contributed by atoms with E-state index < -0.39 is 11.7 Å². The van der Waals surface area contributed by atoms with Crippen molar-refractivity contribution < 1.29 is 22.5 Å². The van der Waals surface area contributed by atoms with Crippen molar-refractivity contribution >= 4 is 17.0 Å². The van der Waals surface area contributed by atoms with Crippen LogP contribution in [0.2, 0.25) is 0 Å². The van der Waals surface area contributed by atoms with E-state index in [-0.39, 0.29) is 35.0 Å². The first kappa shape index (κ1) is 22.0. The molecule has 10 heteroatoms. The molecule has 7 nitrogen and oxygen atoms in total. The zero-order chi connectivity index (χ0) is 22.3. The monoisotopic (exact) mass is 439 g/mol. The van der Waals surface area contributed by atoms with Gasteiger partial charge >= 0.3 is 6.18 Å². The predicted molar refractivity (Wildman–Crippen MR) is 108 cm³/mol. The SMILES string of the molecule is CCc1cc(C(F)(F)F)c2c(C3CCN(C(=O)C4CC(C(C)C)NN4)CC3)noc2n1. The van der Waals surface area contributed by atoms with Crippen molar-refractivity contribution in [3.8, 4) is 0 Å². The second-order valence-corrected chi connectivity index (χ2v) is 8.79. The van der Waals surface area contributed by atoms with E-state index in [4.69, 9.17) is 4.52 Å². The minimum atomic E-state index is -4.52. The molecule has 170 valence electrons. The Hall–Kier alpha value is -2.20. The molecule has 2 atom stereocenters. The molecule has 4 rings (SSSR count). The summed E-state index contributed by atoms with van der Waals surface area (Å²) < 4.78 is 46.4. The molecule has 2 saturated heterocycles. The van der Waals surface area contributed by atoms with Crippen molar-refractivity contribution in [2.24, 2.45) is 5.92 Å². The van der Waals surface area contributed by atoms with Gasteiger partial charge in [0.25, 0.3) is 5.71 Å². The summed E-state index contributed by atoms with van der Waals surface area (Å²) in [7, 11) is 0. The van der Waals surface area contributed by atoms with Gasteiger partial charge in [0.15, 0.2) is 0 Å². The molecule has 2 fully saturated rings. The highest BCUT2D eigenvalue weighted by Gasteiger charge is 2.39. The number of amides is 1. The lowest BCUT2D eigenvalue weighted by Crippen LogP contribution is -2.48. The maximum atomic E-state index is 13.7. The van der Waals surface area contributed by atoms with Crippen molar-refractivity contribution in [3.05, 3.63) is 23.0 Å². The number of likely N-dealkylation sites (tertiary alicyclic amines) is 1. The number of piperidine rings is 1. The standard InChI is InChI=1S/C21H28F3N5O2/c1-4-13-9-14(21(22,23)24)17-18(28-31-19(17)25-13)12-5-7-29(8-6-12)20(30)16-10-15(11(2)3)26-27-16/h9,11-12,15-16,26-27H,4-8,10H2,1-3H3. The number of carbonyl (C=O) groups is 1. The number of hydrogen-bond acceptors (Lipinski definition) is 6. The molecule has 2 aliphatic rings. The number of nitrogens with zero attached hydrogens (tertiary/aromatic N) is 3. The van der Waals surface area contributed by atoms with E-state index in [0.29, 0.717) is 49.7 Å². The number of hydrogen-bond donors (Lipinski definition) is 2. The van der Waals surface area contributed by atoms with E-state index in [2.05, 4.69) is 34.8 Å². The molecule has 2 aromatic heterocycles. The van der Waals surface area contributed by atoms with E-state index in [9.17, 15) is 18.0 Å². The normalized spacial score (nSPS) is 23.3. The molecule has 2 N–H and O–H groups in total. The minimum absolute atomic E-state index is 0.0318. The summed E-state index contributed by atoms with van der Waals surface area (Å²) in [6.45, 7) is 6.91. The predicted octanol–water partition coefficient (Wildman–Crippen LogP) is 3.40. The summed E-state index contributed by atoms with van der Waals surface area (Å²) in [6.07, 6.45) is -2.35. The number of aromatic nitrogens is 2. The van der Waals surface area contributed by atoms with Gasteiger partial charge in [-0.25, -0.2) is 10.4 Å². The third-order valence-corrected chi connectivity index (χ3v) is 6.42. The van der Waals surface area contributed by atoms with Crippen molar-refractivity contribution in [2.75, 3.05) is 13.1 Å². The van der Waals surface area contributed by atoms with E-state index in [1.54, 1.807) is 11.8 Å². The summed E-state index contributed by atoms with van der Waals surface area (Å²) in [4.78, 5) is 18.8. The number of rotatable bonds is 4. The molecule has 1 amide bonds. The maximum absolute atomic E-state index is 13.7. The molecule has 0 spiro atoms. The number of pyridine rings is 1. The van der Waals surface area contributed by atoms with Gasteiger partial charge in [-0.15, -0.1) is 0 Å². The van der Waals surface area contributed by atoms with E-state index in [1.807, 2.05) is 0 Å². The summed E-state index contributed by atoms with van der Waals surface area (Å²) in [5, 5.41) is 3.94. The Balaban J connectivity index is 1.50. The third-order valence-electron chi connectivity index (χ3n) is 6.42. The number of alkyl halides is 3. The maximum Gasteiger partial charge on any atom is 0.417 e. The van der Waals surface area contributed by atoms with Crippen LogP contribution in [0.5, 0.6) is 0 Å². The number of nitrogens with one attached hydrogen (secondary N) is 2. The Kier molecular flexibility index (Phi) is 5.95. The highest BCUT2D eigenvalue weighted by Crippen LogP contribution is 2.40. The molecule has 0 radical (unpaired) electrons. The first-order valence-electron chi connectivity index (χ1n) is 10.8. The summed E-state index contributed by atoms with van der Waals surface area (Å²) in [5.41, 5.74) is 6.06. The summed E-state index contributed by atoms with van der Waals surface area (Å²) >= 11 is 0. The average Bonchev–Trinajstić information content (AvgIpc) is 3.39. The first-order chi connectivity index (χ1) is 14.7. The van der Waals surface area contributed by atoms with Gasteiger partial charge in [0.1, 0.15) is 6.04 Å². The largest absolute Gasteiger partial charge is 0.417 e. The molecule has 2 unspecified atom stereocenters. The lowest BCUT2D eigenvalue weighted by molar-refractivity contribution is -0.136. The topological polar surface area (TPSA) is 83.3 Å². The highest BCUT2D eigenvalue weighted by atomic mass is 19.4. The molecular weight excluding hydrogens is 411 g/mol. The molecular formula is C21H28F3N5O2. The van der Waals surface area contributed by atoms with Crippen LogP contribution in [0.3, 0.4) is 0 Å². The molecule has 31 heavy (non-hydrogen) atoms. The van der Waals surface area contributed by atoms with Crippen LogP contribution in [0.1, 0.15) is 62.9 Å². The quantitative estimate of drug-likeness (QED) is 0.760. The Morgan fingerprint density at radius 1 is 1.29 bits per heavy atom. The number of aryl methyl sites for hydroxylation is 1. The molecule has 0 aliphatic carbocycles. The number of halogens is 3. The van der Waals surface area contributed by atoms with Crippen LogP contribution >= 0.6 is 0 Å². The van der Waals surface area contributed by atoms with Gasteiger partial charge in [0.2, 0.25) is 5.91 Å². The van der Waals surface area contributed by atoms with Crippen molar-refractivity contribution in [1.29, 1.82) is 0 Å². The first-order valence-corrected chi connectivity index (χ1v) is 10.8. The van der Waals surface area contributed by atoms with Crippen molar-refractivity contribution in [3.63, 3.8) is 0 Å². The van der Waals surface area contributed by atoms with Gasteiger partial charge in [-0.1, -0.05) is 25.9 Å². The second-order valence-electron chi connectivity index (χ2n) is 8.79. The Morgan fingerprint density at radius 2 is 2.00 bits per heavy atom. The Bertz CT molecular complexity index is 950.